The molecule has 4 heteroatoms. The molecule has 0 bridgehead atoms. The van der Waals surface area contributed by atoms with Crippen LogP contribution in [0.15, 0.2) is 203 Å². The molecule has 3 aromatic heterocycles. The molecule has 11 rings (SSSR count). The highest BCUT2D eigenvalue weighted by Gasteiger charge is 2.20. The fourth-order valence-electron chi connectivity index (χ4n) is 7.94. The van der Waals surface area contributed by atoms with Crippen LogP contribution in [-0.2, 0) is 0 Å². The van der Waals surface area contributed by atoms with Gasteiger partial charge in [-0.15, -0.1) is 0 Å². The van der Waals surface area contributed by atoms with Crippen molar-refractivity contribution in [3.63, 3.8) is 0 Å². The minimum Gasteiger partial charge on any atom is -0.456 e. The quantitative estimate of drug-likeness (QED) is 0.172. The van der Waals surface area contributed by atoms with E-state index in [4.69, 9.17) is 18.8 Å². The van der Waals surface area contributed by atoms with E-state index in [0.29, 0.717) is 5.82 Å². The van der Waals surface area contributed by atoms with Gasteiger partial charge in [-0.25, -0.2) is 9.97 Å². The Bertz CT molecular complexity index is 3220. The number of rotatable bonds is 6. The molecular weight excluding hydrogens is 685 g/mol. The third-order valence-corrected chi connectivity index (χ3v) is 10.8. The van der Waals surface area contributed by atoms with E-state index in [2.05, 4.69) is 140 Å². The first kappa shape index (κ1) is 31.9. The molecule has 11 aromatic rings. The highest BCUT2D eigenvalue weighted by Crippen LogP contribution is 2.40. The van der Waals surface area contributed by atoms with Gasteiger partial charge in [-0.1, -0.05) is 158 Å². The highest BCUT2D eigenvalue weighted by molar-refractivity contribution is 6.13. The predicted molar refractivity (Wildman–Crippen MR) is 229 cm³/mol. The fraction of sp³-hybridized carbons (Fsp3) is 0. The molecule has 0 aliphatic heterocycles. The van der Waals surface area contributed by atoms with Crippen molar-refractivity contribution in [1.29, 1.82) is 0 Å². The van der Waals surface area contributed by atoms with Gasteiger partial charge in [-0.05, 0) is 69.8 Å². The molecular formula is C52H32N2O2. The number of benzene rings is 8. The summed E-state index contributed by atoms with van der Waals surface area (Å²) in [6, 6.07) is 67.3. The van der Waals surface area contributed by atoms with E-state index in [1.807, 2.05) is 54.6 Å². The number of aromatic nitrogens is 2. The molecule has 4 nitrogen and oxygen atoms in total. The van der Waals surface area contributed by atoms with Crippen LogP contribution in [0.2, 0.25) is 0 Å². The Morgan fingerprint density at radius 2 is 0.839 bits per heavy atom. The highest BCUT2D eigenvalue weighted by atomic mass is 16.3. The molecule has 0 N–H and O–H groups in total. The van der Waals surface area contributed by atoms with Crippen molar-refractivity contribution in [3.8, 4) is 67.3 Å². The summed E-state index contributed by atoms with van der Waals surface area (Å²) < 4.78 is 13.0. The molecule has 0 radical (unpaired) electrons. The van der Waals surface area contributed by atoms with Crippen LogP contribution >= 0.6 is 0 Å². The molecule has 0 spiro atoms. The van der Waals surface area contributed by atoms with Crippen molar-refractivity contribution in [2.45, 2.75) is 0 Å². The standard InChI is InChI=1S/C52H32N2O2/c1-3-11-33(12-4-1)34-21-23-35(24-22-34)36-25-27-37(28-26-36)39-29-30-43-49(31-39)55-48-20-10-18-44(50(43)48)52-53-45(38-13-5-2-6-14-38)32-46(54-52)42-17-9-16-41-40-15-7-8-19-47(40)56-51(41)42/h1-32H. The minimum atomic E-state index is 0.624. The van der Waals surface area contributed by atoms with Crippen LogP contribution in [0.5, 0.6) is 0 Å². The van der Waals surface area contributed by atoms with E-state index in [-0.39, 0.29) is 0 Å². The number of hydrogen-bond donors (Lipinski definition) is 0. The summed E-state index contributed by atoms with van der Waals surface area (Å²) in [5.41, 5.74) is 14.8. The Labute approximate surface area is 323 Å². The number of para-hydroxylation sites is 2. The van der Waals surface area contributed by atoms with E-state index in [0.717, 1.165) is 83.1 Å². The number of furan rings is 2. The second-order valence-electron chi connectivity index (χ2n) is 14.1. The van der Waals surface area contributed by atoms with Gasteiger partial charge in [-0.3, -0.25) is 0 Å². The smallest absolute Gasteiger partial charge is 0.161 e. The average molecular weight is 717 g/mol. The Morgan fingerprint density at radius 1 is 0.304 bits per heavy atom. The van der Waals surface area contributed by atoms with Crippen molar-refractivity contribution < 1.29 is 8.83 Å². The van der Waals surface area contributed by atoms with E-state index in [9.17, 15) is 0 Å². The number of fused-ring (bicyclic) bond motifs is 6. The normalized spacial score (nSPS) is 11.6. The Morgan fingerprint density at radius 3 is 1.57 bits per heavy atom. The summed E-state index contributed by atoms with van der Waals surface area (Å²) in [7, 11) is 0. The molecule has 0 aliphatic rings. The molecule has 0 atom stereocenters. The molecule has 0 amide bonds. The van der Waals surface area contributed by atoms with Crippen molar-refractivity contribution in [3.05, 3.63) is 194 Å². The lowest BCUT2D eigenvalue weighted by Gasteiger charge is -2.10. The minimum absolute atomic E-state index is 0.624. The Kier molecular flexibility index (Phi) is 7.46. The maximum atomic E-state index is 6.57. The lowest BCUT2D eigenvalue weighted by Crippen LogP contribution is -1.96. The predicted octanol–water partition coefficient (Wildman–Crippen LogP) is 14.3. The number of hydrogen-bond acceptors (Lipinski definition) is 4. The van der Waals surface area contributed by atoms with Gasteiger partial charge in [0.1, 0.15) is 22.3 Å². The van der Waals surface area contributed by atoms with Gasteiger partial charge in [0.2, 0.25) is 0 Å². The lowest BCUT2D eigenvalue weighted by molar-refractivity contribution is 0.669. The van der Waals surface area contributed by atoms with Crippen LogP contribution in [0.1, 0.15) is 0 Å². The zero-order valence-electron chi connectivity index (χ0n) is 30.2. The lowest BCUT2D eigenvalue weighted by atomic mass is 9.97. The largest absolute Gasteiger partial charge is 0.456 e. The second-order valence-corrected chi connectivity index (χ2v) is 14.1. The molecule has 8 aromatic carbocycles. The summed E-state index contributed by atoms with van der Waals surface area (Å²) in [5.74, 6) is 0.624. The van der Waals surface area contributed by atoms with Crippen LogP contribution in [0.3, 0.4) is 0 Å². The van der Waals surface area contributed by atoms with Crippen LogP contribution in [0.25, 0.3) is 111 Å². The average Bonchev–Trinajstić information content (AvgIpc) is 3.85. The maximum absolute atomic E-state index is 6.57. The molecule has 3 heterocycles. The molecule has 0 saturated carbocycles. The van der Waals surface area contributed by atoms with Gasteiger partial charge in [0.15, 0.2) is 5.82 Å². The monoisotopic (exact) mass is 716 g/mol. The molecule has 56 heavy (non-hydrogen) atoms. The molecule has 262 valence electrons. The van der Waals surface area contributed by atoms with Crippen LogP contribution < -0.4 is 0 Å². The van der Waals surface area contributed by atoms with Gasteiger partial charge >= 0.3 is 0 Å². The van der Waals surface area contributed by atoms with Crippen LogP contribution in [-0.4, -0.2) is 9.97 Å². The first-order valence-electron chi connectivity index (χ1n) is 18.8. The van der Waals surface area contributed by atoms with Crippen molar-refractivity contribution in [2.75, 3.05) is 0 Å². The zero-order valence-corrected chi connectivity index (χ0v) is 30.2. The first-order chi connectivity index (χ1) is 27.7. The van der Waals surface area contributed by atoms with E-state index >= 15 is 0 Å². The van der Waals surface area contributed by atoms with Gasteiger partial charge in [0.05, 0.1) is 11.4 Å². The summed E-state index contributed by atoms with van der Waals surface area (Å²) in [5, 5.41) is 4.15. The van der Waals surface area contributed by atoms with E-state index in [1.165, 1.54) is 22.3 Å². The summed E-state index contributed by atoms with van der Waals surface area (Å²) >= 11 is 0. The summed E-state index contributed by atoms with van der Waals surface area (Å²) in [6.07, 6.45) is 0. The van der Waals surface area contributed by atoms with E-state index in [1.54, 1.807) is 0 Å². The van der Waals surface area contributed by atoms with Crippen LogP contribution in [0, 0.1) is 0 Å². The summed E-state index contributed by atoms with van der Waals surface area (Å²) in [4.78, 5) is 10.5. The SMILES string of the molecule is c1ccc(-c2ccc(-c3ccc(-c4ccc5c(c4)oc4cccc(-c6nc(-c7ccccc7)cc(-c7cccc8c7oc7ccccc78)n6)c45)cc3)cc2)cc1. The zero-order chi connectivity index (χ0) is 37.0. The molecule has 0 saturated heterocycles. The van der Waals surface area contributed by atoms with Crippen molar-refractivity contribution in [1.82, 2.24) is 9.97 Å². The van der Waals surface area contributed by atoms with Gasteiger partial charge in [-0.2, -0.15) is 0 Å². The Balaban J connectivity index is 0.990. The van der Waals surface area contributed by atoms with Crippen molar-refractivity contribution >= 4 is 43.9 Å². The topological polar surface area (TPSA) is 52.1 Å². The maximum Gasteiger partial charge on any atom is 0.161 e. The van der Waals surface area contributed by atoms with E-state index < -0.39 is 0 Å². The van der Waals surface area contributed by atoms with Crippen molar-refractivity contribution in [2.24, 2.45) is 0 Å². The Hall–Kier alpha value is -7.56. The third kappa shape index (κ3) is 5.47. The molecule has 0 aliphatic carbocycles. The van der Waals surface area contributed by atoms with Crippen LogP contribution in [0.4, 0.5) is 0 Å². The third-order valence-electron chi connectivity index (χ3n) is 10.8. The first-order valence-corrected chi connectivity index (χ1v) is 18.8. The molecule has 0 unspecified atom stereocenters. The van der Waals surface area contributed by atoms with Gasteiger partial charge in [0, 0.05) is 38.2 Å². The second kappa shape index (κ2) is 13.1. The summed E-state index contributed by atoms with van der Waals surface area (Å²) in [6.45, 7) is 0. The number of nitrogens with zero attached hydrogens (tertiary/aromatic N) is 2. The van der Waals surface area contributed by atoms with Gasteiger partial charge < -0.3 is 8.83 Å². The van der Waals surface area contributed by atoms with Gasteiger partial charge in [0.25, 0.3) is 0 Å². The molecule has 0 fully saturated rings. The fourth-order valence-corrected chi connectivity index (χ4v) is 7.94.